The zero-order valence-electron chi connectivity index (χ0n) is 12.2. The Morgan fingerprint density at radius 2 is 1.95 bits per heavy atom. The van der Waals surface area contributed by atoms with Crippen LogP contribution in [0.25, 0.3) is 0 Å². The summed E-state index contributed by atoms with van der Waals surface area (Å²) in [6.07, 6.45) is 0.796. The third kappa shape index (κ3) is 4.29. The summed E-state index contributed by atoms with van der Waals surface area (Å²) in [6, 6.07) is -0.107. The normalized spacial score (nSPS) is 14.0. The quantitative estimate of drug-likeness (QED) is 0.702. The van der Waals surface area contributed by atoms with Gasteiger partial charge in [-0.1, -0.05) is 13.8 Å². The molecule has 110 valence electrons. The lowest BCUT2D eigenvalue weighted by Gasteiger charge is -2.15. The molecule has 1 aromatic rings. The van der Waals surface area contributed by atoms with Crippen molar-refractivity contribution in [1.82, 2.24) is 20.2 Å². The lowest BCUT2D eigenvalue weighted by atomic mass is 10.1. The molecule has 1 rings (SSSR count). The molecule has 0 saturated heterocycles. The molecular weight excluding hydrogens is 264 g/mol. The first-order chi connectivity index (χ1) is 8.77. The van der Waals surface area contributed by atoms with Crippen LogP contribution in [0.15, 0.2) is 5.03 Å². The number of sulfonamides is 1. The van der Waals surface area contributed by atoms with Crippen molar-refractivity contribution in [3.8, 4) is 0 Å². The van der Waals surface area contributed by atoms with Gasteiger partial charge < -0.3 is 5.32 Å². The number of hydrogen-bond donors (Lipinski definition) is 3. The molecule has 1 unspecified atom stereocenters. The molecule has 0 amide bonds. The largest absolute Gasteiger partial charge is 0.316 e. The first kappa shape index (κ1) is 16.1. The standard InChI is InChI=1S/C12H24N4O2S/c1-8(2)6-9(3)16-19(17,18)12-11(7-13-5)10(4)14-15-12/h8-9,13,16H,6-7H2,1-5H3,(H,14,15). The molecule has 0 bridgehead atoms. The third-order valence-electron chi connectivity index (χ3n) is 2.83. The Kier molecular flexibility index (Phi) is 5.51. The van der Waals surface area contributed by atoms with Crippen LogP contribution in [0.4, 0.5) is 0 Å². The lowest BCUT2D eigenvalue weighted by Crippen LogP contribution is -2.34. The molecule has 7 heteroatoms. The summed E-state index contributed by atoms with van der Waals surface area (Å²) in [5, 5.41) is 9.71. The maximum absolute atomic E-state index is 12.3. The Bertz CT molecular complexity index is 508. The minimum atomic E-state index is -3.57. The molecule has 0 radical (unpaired) electrons. The average Bonchev–Trinajstić information content (AvgIpc) is 2.59. The van der Waals surface area contributed by atoms with Gasteiger partial charge in [0.2, 0.25) is 0 Å². The summed E-state index contributed by atoms with van der Waals surface area (Å²) in [4.78, 5) is 0. The molecule has 0 aliphatic rings. The van der Waals surface area contributed by atoms with Crippen LogP contribution in [-0.2, 0) is 16.6 Å². The third-order valence-corrected chi connectivity index (χ3v) is 4.38. The lowest BCUT2D eigenvalue weighted by molar-refractivity contribution is 0.481. The van der Waals surface area contributed by atoms with Gasteiger partial charge in [-0.3, -0.25) is 5.10 Å². The van der Waals surface area contributed by atoms with Gasteiger partial charge >= 0.3 is 0 Å². The minimum Gasteiger partial charge on any atom is -0.316 e. The van der Waals surface area contributed by atoms with Gasteiger partial charge in [0, 0.05) is 23.8 Å². The highest BCUT2D eigenvalue weighted by atomic mass is 32.2. The molecule has 19 heavy (non-hydrogen) atoms. The highest BCUT2D eigenvalue weighted by Gasteiger charge is 2.25. The SMILES string of the molecule is CNCc1c(S(=O)(=O)NC(C)CC(C)C)n[nH]c1C. The Hall–Kier alpha value is -0.920. The fourth-order valence-corrected chi connectivity index (χ4v) is 3.57. The van der Waals surface area contributed by atoms with Crippen LogP contribution in [0.1, 0.15) is 38.4 Å². The maximum Gasteiger partial charge on any atom is 0.260 e. The highest BCUT2D eigenvalue weighted by molar-refractivity contribution is 7.89. The van der Waals surface area contributed by atoms with Crippen molar-refractivity contribution in [2.24, 2.45) is 5.92 Å². The van der Waals surface area contributed by atoms with Crippen molar-refractivity contribution in [3.63, 3.8) is 0 Å². The van der Waals surface area contributed by atoms with Gasteiger partial charge in [0.25, 0.3) is 10.0 Å². The number of aromatic nitrogens is 2. The fourth-order valence-electron chi connectivity index (χ4n) is 2.11. The van der Waals surface area contributed by atoms with Crippen LogP contribution < -0.4 is 10.0 Å². The molecule has 0 spiro atoms. The Balaban J connectivity index is 2.94. The summed E-state index contributed by atoms with van der Waals surface area (Å²) in [7, 11) is -1.79. The molecule has 1 heterocycles. The maximum atomic E-state index is 12.3. The van der Waals surface area contributed by atoms with Gasteiger partial charge in [-0.25, -0.2) is 13.1 Å². The van der Waals surface area contributed by atoms with E-state index < -0.39 is 10.0 Å². The Morgan fingerprint density at radius 3 is 2.47 bits per heavy atom. The van der Waals surface area contributed by atoms with Crippen molar-refractivity contribution >= 4 is 10.0 Å². The highest BCUT2D eigenvalue weighted by Crippen LogP contribution is 2.17. The van der Waals surface area contributed by atoms with E-state index in [2.05, 4.69) is 34.1 Å². The molecule has 6 nitrogen and oxygen atoms in total. The minimum absolute atomic E-state index is 0.0926. The van der Waals surface area contributed by atoms with Gasteiger partial charge in [0.05, 0.1) is 0 Å². The van der Waals surface area contributed by atoms with E-state index in [1.54, 1.807) is 7.05 Å². The van der Waals surface area contributed by atoms with E-state index in [4.69, 9.17) is 0 Å². The summed E-state index contributed by atoms with van der Waals surface area (Å²) in [6.45, 7) is 8.29. The Labute approximate surface area is 115 Å². The summed E-state index contributed by atoms with van der Waals surface area (Å²) in [5.41, 5.74) is 1.46. The van der Waals surface area contributed by atoms with Gasteiger partial charge in [0.1, 0.15) is 0 Å². The van der Waals surface area contributed by atoms with E-state index in [9.17, 15) is 8.42 Å². The molecular formula is C12H24N4O2S. The van der Waals surface area contributed by atoms with Crippen LogP contribution in [0.5, 0.6) is 0 Å². The van der Waals surface area contributed by atoms with Crippen molar-refractivity contribution in [3.05, 3.63) is 11.3 Å². The van der Waals surface area contributed by atoms with Crippen LogP contribution in [0.2, 0.25) is 0 Å². The molecule has 0 aliphatic carbocycles. The number of aromatic amines is 1. The van der Waals surface area contributed by atoms with E-state index in [0.717, 1.165) is 12.1 Å². The average molecular weight is 288 g/mol. The molecule has 0 aromatic carbocycles. The smallest absolute Gasteiger partial charge is 0.260 e. The molecule has 0 fully saturated rings. The molecule has 1 atom stereocenters. The van der Waals surface area contributed by atoms with Gasteiger partial charge in [-0.2, -0.15) is 5.10 Å². The van der Waals surface area contributed by atoms with Gasteiger partial charge in [-0.05, 0) is 33.2 Å². The van der Waals surface area contributed by atoms with Crippen LogP contribution in [0, 0.1) is 12.8 Å². The number of H-pyrrole nitrogens is 1. The van der Waals surface area contributed by atoms with E-state index in [1.807, 2.05) is 13.8 Å². The fraction of sp³-hybridized carbons (Fsp3) is 0.750. The molecule has 3 N–H and O–H groups in total. The van der Waals surface area contributed by atoms with E-state index in [1.165, 1.54) is 0 Å². The molecule has 1 aromatic heterocycles. The second-order valence-corrected chi connectivity index (χ2v) is 6.94. The molecule has 0 saturated carbocycles. The van der Waals surface area contributed by atoms with Crippen LogP contribution in [0.3, 0.4) is 0 Å². The van der Waals surface area contributed by atoms with E-state index >= 15 is 0 Å². The molecule has 0 aliphatic heterocycles. The topological polar surface area (TPSA) is 86.9 Å². The number of aryl methyl sites for hydroxylation is 1. The first-order valence-electron chi connectivity index (χ1n) is 6.48. The van der Waals surface area contributed by atoms with E-state index in [0.29, 0.717) is 18.0 Å². The summed E-state index contributed by atoms with van der Waals surface area (Å²) in [5.74, 6) is 0.440. The predicted octanol–water partition coefficient (Wildman–Crippen LogP) is 1.15. The van der Waals surface area contributed by atoms with Gasteiger partial charge in [0.15, 0.2) is 5.03 Å². The van der Waals surface area contributed by atoms with Crippen LogP contribution >= 0.6 is 0 Å². The van der Waals surface area contributed by atoms with Crippen molar-refractivity contribution in [2.75, 3.05) is 7.05 Å². The van der Waals surface area contributed by atoms with E-state index in [-0.39, 0.29) is 11.1 Å². The predicted molar refractivity (Wildman–Crippen MR) is 75.3 cm³/mol. The van der Waals surface area contributed by atoms with Gasteiger partial charge in [-0.15, -0.1) is 0 Å². The Morgan fingerprint density at radius 1 is 1.32 bits per heavy atom. The first-order valence-corrected chi connectivity index (χ1v) is 7.97. The number of nitrogens with zero attached hydrogens (tertiary/aromatic N) is 1. The number of nitrogens with one attached hydrogen (secondary N) is 3. The number of hydrogen-bond acceptors (Lipinski definition) is 4. The second kappa shape index (κ2) is 6.49. The zero-order valence-corrected chi connectivity index (χ0v) is 13.1. The van der Waals surface area contributed by atoms with Crippen LogP contribution in [-0.4, -0.2) is 31.7 Å². The zero-order chi connectivity index (χ0) is 14.6. The summed E-state index contributed by atoms with van der Waals surface area (Å²) >= 11 is 0. The summed E-state index contributed by atoms with van der Waals surface area (Å²) < 4.78 is 27.3. The monoisotopic (exact) mass is 288 g/mol. The van der Waals surface area contributed by atoms with Crippen molar-refractivity contribution < 1.29 is 8.42 Å². The van der Waals surface area contributed by atoms with Crippen molar-refractivity contribution in [1.29, 1.82) is 0 Å². The van der Waals surface area contributed by atoms with Crippen molar-refractivity contribution in [2.45, 2.75) is 51.7 Å². The number of rotatable bonds is 7. The second-order valence-electron chi connectivity index (χ2n) is 5.31.